The Bertz CT molecular complexity index is 563. The molecule has 5 heteroatoms. The highest BCUT2D eigenvalue weighted by atomic mass is 16.5. The SMILES string of the molecule is CCCCCOc1cc(C)ccc1CNC(=O)C1(COC)CCNCC1. The fourth-order valence-corrected chi connectivity index (χ4v) is 3.46. The van der Waals surface area contributed by atoms with Gasteiger partial charge in [-0.25, -0.2) is 0 Å². The topological polar surface area (TPSA) is 59.6 Å². The molecule has 1 heterocycles. The number of benzene rings is 1. The van der Waals surface area contributed by atoms with E-state index in [2.05, 4.69) is 42.7 Å². The van der Waals surface area contributed by atoms with E-state index in [1.165, 1.54) is 18.4 Å². The van der Waals surface area contributed by atoms with Crippen molar-refractivity contribution < 1.29 is 14.3 Å². The minimum Gasteiger partial charge on any atom is -0.493 e. The Morgan fingerprint density at radius 1 is 1.27 bits per heavy atom. The van der Waals surface area contributed by atoms with Gasteiger partial charge >= 0.3 is 0 Å². The molecular weight excluding hydrogens is 328 g/mol. The van der Waals surface area contributed by atoms with Crippen LogP contribution in [0.5, 0.6) is 5.75 Å². The van der Waals surface area contributed by atoms with Crippen LogP contribution in [0.4, 0.5) is 0 Å². The predicted octanol–water partition coefficient (Wildman–Crippen LogP) is 3.20. The normalized spacial score (nSPS) is 16.3. The second-order valence-electron chi connectivity index (χ2n) is 7.31. The van der Waals surface area contributed by atoms with Crippen LogP contribution in [0.15, 0.2) is 18.2 Å². The van der Waals surface area contributed by atoms with Crippen molar-refractivity contribution in [3.63, 3.8) is 0 Å². The molecule has 1 aliphatic rings. The molecule has 1 fully saturated rings. The summed E-state index contributed by atoms with van der Waals surface area (Å²) < 4.78 is 11.3. The summed E-state index contributed by atoms with van der Waals surface area (Å²) in [6, 6.07) is 6.18. The van der Waals surface area contributed by atoms with E-state index in [1.807, 2.05) is 0 Å². The van der Waals surface area contributed by atoms with Crippen molar-refractivity contribution in [1.29, 1.82) is 0 Å². The highest BCUT2D eigenvalue weighted by Crippen LogP contribution is 2.30. The Balaban J connectivity index is 1.99. The Morgan fingerprint density at radius 2 is 2.04 bits per heavy atom. The van der Waals surface area contributed by atoms with Crippen molar-refractivity contribution in [2.75, 3.05) is 33.4 Å². The smallest absolute Gasteiger partial charge is 0.228 e. The number of amides is 1. The number of carbonyl (C=O) groups is 1. The zero-order valence-corrected chi connectivity index (χ0v) is 16.5. The molecule has 146 valence electrons. The summed E-state index contributed by atoms with van der Waals surface area (Å²) in [5.41, 5.74) is 1.77. The van der Waals surface area contributed by atoms with Crippen molar-refractivity contribution in [1.82, 2.24) is 10.6 Å². The minimum atomic E-state index is -0.424. The van der Waals surface area contributed by atoms with Crippen LogP contribution in [-0.4, -0.2) is 39.3 Å². The molecule has 0 aliphatic carbocycles. The van der Waals surface area contributed by atoms with Gasteiger partial charge in [-0.05, 0) is 50.9 Å². The predicted molar refractivity (Wildman–Crippen MR) is 104 cm³/mol. The highest BCUT2D eigenvalue weighted by Gasteiger charge is 2.39. The molecular formula is C21H34N2O3. The van der Waals surface area contributed by atoms with Crippen LogP contribution < -0.4 is 15.4 Å². The van der Waals surface area contributed by atoms with E-state index in [-0.39, 0.29) is 5.91 Å². The second-order valence-corrected chi connectivity index (χ2v) is 7.31. The highest BCUT2D eigenvalue weighted by molar-refractivity contribution is 5.83. The number of nitrogens with one attached hydrogen (secondary N) is 2. The van der Waals surface area contributed by atoms with E-state index in [1.54, 1.807) is 7.11 Å². The fraction of sp³-hybridized carbons (Fsp3) is 0.667. The fourth-order valence-electron chi connectivity index (χ4n) is 3.46. The number of hydrogen-bond acceptors (Lipinski definition) is 4. The summed E-state index contributed by atoms with van der Waals surface area (Å²) in [7, 11) is 1.67. The van der Waals surface area contributed by atoms with Crippen LogP contribution >= 0.6 is 0 Å². The third-order valence-corrected chi connectivity index (χ3v) is 5.13. The number of hydrogen-bond donors (Lipinski definition) is 2. The van der Waals surface area contributed by atoms with Crippen LogP contribution in [0, 0.1) is 12.3 Å². The third-order valence-electron chi connectivity index (χ3n) is 5.13. The maximum absolute atomic E-state index is 12.9. The zero-order chi connectivity index (χ0) is 18.8. The van der Waals surface area contributed by atoms with Gasteiger partial charge in [0, 0.05) is 19.2 Å². The number of methoxy groups -OCH3 is 1. The molecule has 0 spiro atoms. The van der Waals surface area contributed by atoms with E-state index < -0.39 is 5.41 Å². The van der Waals surface area contributed by atoms with Crippen LogP contribution in [0.25, 0.3) is 0 Å². The lowest BCUT2D eigenvalue weighted by Gasteiger charge is -2.35. The molecule has 1 amide bonds. The lowest BCUT2D eigenvalue weighted by molar-refractivity contribution is -0.136. The van der Waals surface area contributed by atoms with Crippen LogP contribution in [0.1, 0.15) is 50.2 Å². The lowest BCUT2D eigenvalue weighted by Crippen LogP contribution is -2.50. The number of carbonyl (C=O) groups excluding carboxylic acids is 1. The second kappa shape index (κ2) is 10.5. The van der Waals surface area contributed by atoms with Gasteiger partial charge in [0.1, 0.15) is 5.75 Å². The average molecular weight is 363 g/mol. The molecule has 2 rings (SSSR count). The molecule has 1 aromatic carbocycles. The van der Waals surface area contributed by atoms with E-state index in [4.69, 9.17) is 9.47 Å². The number of ether oxygens (including phenoxy) is 2. The molecule has 0 saturated carbocycles. The van der Waals surface area contributed by atoms with Crippen molar-refractivity contribution in [3.05, 3.63) is 29.3 Å². The number of piperidine rings is 1. The third kappa shape index (κ3) is 5.71. The molecule has 1 aliphatic heterocycles. The van der Waals surface area contributed by atoms with Gasteiger partial charge in [-0.3, -0.25) is 4.79 Å². The van der Waals surface area contributed by atoms with Gasteiger partial charge in [0.25, 0.3) is 0 Å². The van der Waals surface area contributed by atoms with Gasteiger partial charge < -0.3 is 20.1 Å². The van der Waals surface area contributed by atoms with Crippen molar-refractivity contribution in [3.8, 4) is 5.75 Å². The van der Waals surface area contributed by atoms with Crippen LogP contribution in [0.2, 0.25) is 0 Å². The molecule has 0 aromatic heterocycles. The van der Waals surface area contributed by atoms with Gasteiger partial charge in [-0.2, -0.15) is 0 Å². The van der Waals surface area contributed by atoms with Gasteiger partial charge in [0.15, 0.2) is 0 Å². The van der Waals surface area contributed by atoms with Crippen molar-refractivity contribution in [2.24, 2.45) is 5.41 Å². The van der Waals surface area contributed by atoms with Gasteiger partial charge in [-0.15, -0.1) is 0 Å². The summed E-state index contributed by atoms with van der Waals surface area (Å²) in [6.07, 6.45) is 5.02. The summed E-state index contributed by atoms with van der Waals surface area (Å²) in [6.45, 7) is 7.63. The first-order chi connectivity index (χ1) is 12.6. The quantitative estimate of drug-likeness (QED) is 0.628. The summed E-state index contributed by atoms with van der Waals surface area (Å²) in [5, 5.41) is 6.45. The maximum Gasteiger partial charge on any atom is 0.228 e. The zero-order valence-electron chi connectivity index (χ0n) is 16.5. The molecule has 0 radical (unpaired) electrons. The monoisotopic (exact) mass is 362 g/mol. The molecule has 1 saturated heterocycles. The van der Waals surface area contributed by atoms with E-state index in [9.17, 15) is 4.79 Å². The molecule has 0 bridgehead atoms. The Kier molecular flexibility index (Phi) is 8.39. The molecule has 2 N–H and O–H groups in total. The Morgan fingerprint density at radius 3 is 2.73 bits per heavy atom. The molecule has 0 unspecified atom stereocenters. The molecule has 0 atom stereocenters. The number of rotatable bonds is 10. The van der Waals surface area contributed by atoms with Crippen molar-refractivity contribution >= 4 is 5.91 Å². The Hall–Kier alpha value is -1.59. The first-order valence-corrected chi connectivity index (χ1v) is 9.81. The molecule has 5 nitrogen and oxygen atoms in total. The summed E-state index contributed by atoms with van der Waals surface area (Å²) in [5.74, 6) is 0.964. The number of aryl methyl sites for hydroxylation is 1. The maximum atomic E-state index is 12.9. The first kappa shape index (κ1) is 20.7. The Labute approximate surface area is 157 Å². The largest absolute Gasteiger partial charge is 0.493 e. The van der Waals surface area contributed by atoms with Gasteiger partial charge in [0.05, 0.1) is 18.6 Å². The van der Waals surface area contributed by atoms with Crippen LogP contribution in [0.3, 0.4) is 0 Å². The van der Waals surface area contributed by atoms with Crippen molar-refractivity contribution in [2.45, 2.75) is 52.5 Å². The minimum absolute atomic E-state index is 0.0818. The van der Waals surface area contributed by atoms with Gasteiger partial charge in [-0.1, -0.05) is 31.9 Å². The lowest BCUT2D eigenvalue weighted by atomic mass is 9.78. The number of unbranched alkanes of at least 4 members (excludes halogenated alkanes) is 2. The molecule has 26 heavy (non-hydrogen) atoms. The summed E-state index contributed by atoms with van der Waals surface area (Å²) >= 11 is 0. The standard InChI is InChI=1S/C21H34N2O3/c1-4-5-6-13-26-19-14-17(2)7-8-18(19)15-23-20(24)21(16-25-3)9-11-22-12-10-21/h7-8,14,22H,4-6,9-13,15-16H2,1-3H3,(H,23,24). The van der Waals surface area contributed by atoms with Crippen LogP contribution in [-0.2, 0) is 16.1 Å². The van der Waals surface area contributed by atoms with E-state index in [0.29, 0.717) is 13.2 Å². The van der Waals surface area contributed by atoms with E-state index in [0.717, 1.165) is 50.3 Å². The molecule has 1 aromatic rings. The van der Waals surface area contributed by atoms with E-state index >= 15 is 0 Å². The first-order valence-electron chi connectivity index (χ1n) is 9.81. The van der Waals surface area contributed by atoms with Gasteiger partial charge in [0.2, 0.25) is 5.91 Å². The summed E-state index contributed by atoms with van der Waals surface area (Å²) in [4.78, 5) is 12.9. The average Bonchev–Trinajstić information content (AvgIpc) is 2.65.